The fourth-order valence-corrected chi connectivity index (χ4v) is 3.89. The summed E-state index contributed by atoms with van der Waals surface area (Å²) in [5.74, 6) is -1.00. The van der Waals surface area contributed by atoms with Crippen LogP contribution in [0.2, 0.25) is 0 Å². The van der Waals surface area contributed by atoms with Crippen molar-refractivity contribution in [1.29, 1.82) is 0 Å². The Hall–Kier alpha value is -3.15. The Balaban J connectivity index is 1.58. The van der Waals surface area contributed by atoms with Gasteiger partial charge in [0.1, 0.15) is 0 Å². The molecule has 1 fully saturated rings. The molecule has 0 aliphatic heterocycles. The molecule has 0 heterocycles. The third-order valence-electron chi connectivity index (χ3n) is 5.85. The Morgan fingerprint density at radius 1 is 1.03 bits per heavy atom. The van der Waals surface area contributed by atoms with Crippen LogP contribution in [0.25, 0.3) is 0 Å². The summed E-state index contributed by atoms with van der Waals surface area (Å²) in [6, 6.07) is 17.1. The number of amides is 2. The molecular formula is C25H30N2O4. The van der Waals surface area contributed by atoms with Crippen molar-refractivity contribution in [2.75, 3.05) is 25.0 Å². The largest absolute Gasteiger partial charge is 0.455 e. The van der Waals surface area contributed by atoms with Crippen LogP contribution in [0.3, 0.4) is 0 Å². The molecule has 0 radical (unpaired) electrons. The number of anilines is 1. The van der Waals surface area contributed by atoms with E-state index in [0.29, 0.717) is 13.0 Å². The maximum atomic E-state index is 12.9. The number of nitrogens with zero attached hydrogens (tertiary/aromatic N) is 1. The summed E-state index contributed by atoms with van der Waals surface area (Å²) in [6.07, 6.45) is 3.10. The Morgan fingerprint density at radius 2 is 1.71 bits per heavy atom. The summed E-state index contributed by atoms with van der Waals surface area (Å²) in [5, 5.41) is 2.84. The maximum absolute atomic E-state index is 12.9. The first kappa shape index (κ1) is 22.5. The van der Waals surface area contributed by atoms with Crippen LogP contribution in [-0.4, -0.2) is 42.4 Å². The first-order chi connectivity index (χ1) is 15.0. The van der Waals surface area contributed by atoms with Crippen LogP contribution in [0.5, 0.6) is 0 Å². The summed E-state index contributed by atoms with van der Waals surface area (Å²) in [5.41, 5.74) is 1.95. The lowest BCUT2D eigenvalue weighted by Gasteiger charge is -2.39. The van der Waals surface area contributed by atoms with Gasteiger partial charge in [0.05, 0.1) is 12.0 Å². The predicted molar refractivity (Wildman–Crippen MR) is 120 cm³/mol. The Bertz CT molecular complexity index is 922. The van der Waals surface area contributed by atoms with Gasteiger partial charge in [-0.05, 0) is 43.4 Å². The highest BCUT2D eigenvalue weighted by Crippen LogP contribution is 2.44. The van der Waals surface area contributed by atoms with Gasteiger partial charge in [0.15, 0.2) is 6.61 Å². The van der Waals surface area contributed by atoms with E-state index >= 15 is 0 Å². The lowest BCUT2D eigenvalue weighted by atomic mass is 9.64. The van der Waals surface area contributed by atoms with Gasteiger partial charge in [0.2, 0.25) is 5.91 Å². The fraction of sp³-hybridized carbons (Fsp3) is 0.400. The number of carbonyl (C=O) groups is 3. The van der Waals surface area contributed by atoms with Crippen molar-refractivity contribution in [2.45, 2.75) is 44.9 Å². The molecule has 0 unspecified atom stereocenters. The van der Waals surface area contributed by atoms with Crippen molar-refractivity contribution in [3.63, 3.8) is 0 Å². The quantitative estimate of drug-likeness (QED) is 0.623. The molecule has 2 amide bonds. The minimum absolute atomic E-state index is 0.0810. The van der Waals surface area contributed by atoms with Gasteiger partial charge >= 0.3 is 5.97 Å². The standard InChI is InChI=1S/C25H30N2O4/c1-3-16-27(17-22(28)26-21-13-8-7-10-19(21)2)23(29)18-31-24(30)25(14-9-15-25)20-11-5-4-6-12-20/h4-8,10-13H,3,9,14-18H2,1-2H3,(H,26,28). The van der Waals surface area contributed by atoms with Crippen LogP contribution in [0.15, 0.2) is 54.6 Å². The van der Waals surface area contributed by atoms with Crippen molar-refractivity contribution in [3.8, 4) is 0 Å². The minimum atomic E-state index is -0.653. The summed E-state index contributed by atoms with van der Waals surface area (Å²) >= 11 is 0. The van der Waals surface area contributed by atoms with Gasteiger partial charge in [-0.15, -0.1) is 0 Å². The minimum Gasteiger partial charge on any atom is -0.455 e. The second-order valence-electron chi connectivity index (χ2n) is 8.06. The zero-order valence-electron chi connectivity index (χ0n) is 18.2. The highest BCUT2D eigenvalue weighted by molar-refractivity contribution is 5.95. The van der Waals surface area contributed by atoms with Gasteiger partial charge in [0.25, 0.3) is 5.91 Å². The summed E-state index contributed by atoms with van der Waals surface area (Å²) in [4.78, 5) is 39.5. The first-order valence-corrected chi connectivity index (χ1v) is 10.8. The number of rotatable bonds is 9. The Labute approximate surface area is 183 Å². The average molecular weight is 423 g/mol. The molecule has 6 heteroatoms. The molecule has 1 aliphatic rings. The normalized spacial score (nSPS) is 14.3. The van der Waals surface area contributed by atoms with Gasteiger partial charge < -0.3 is 15.0 Å². The topological polar surface area (TPSA) is 75.7 Å². The highest BCUT2D eigenvalue weighted by atomic mass is 16.5. The zero-order chi connectivity index (χ0) is 22.3. The van der Waals surface area contributed by atoms with E-state index in [4.69, 9.17) is 4.74 Å². The first-order valence-electron chi connectivity index (χ1n) is 10.8. The van der Waals surface area contributed by atoms with E-state index in [1.54, 1.807) is 0 Å². The molecule has 1 saturated carbocycles. The number of para-hydroxylation sites is 1. The fourth-order valence-electron chi connectivity index (χ4n) is 3.89. The van der Waals surface area contributed by atoms with Crippen LogP contribution in [0, 0.1) is 6.92 Å². The Morgan fingerprint density at radius 3 is 2.32 bits per heavy atom. The number of hydrogen-bond acceptors (Lipinski definition) is 4. The number of benzene rings is 2. The highest BCUT2D eigenvalue weighted by Gasteiger charge is 2.47. The molecule has 0 atom stereocenters. The number of aryl methyl sites for hydroxylation is 1. The van der Waals surface area contributed by atoms with Crippen molar-refractivity contribution in [3.05, 3.63) is 65.7 Å². The molecule has 0 aromatic heterocycles. The summed E-state index contributed by atoms with van der Waals surface area (Å²) in [7, 11) is 0. The van der Waals surface area contributed by atoms with Gasteiger partial charge in [-0.2, -0.15) is 0 Å². The molecule has 3 rings (SSSR count). The molecule has 2 aromatic carbocycles. The second-order valence-corrected chi connectivity index (χ2v) is 8.06. The van der Waals surface area contributed by atoms with E-state index in [-0.39, 0.29) is 30.9 Å². The van der Waals surface area contributed by atoms with Gasteiger partial charge in [-0.1, -0.05) is 61.9 Å². The molecular weight excluding hydrogens is 392 g/mol. The smallest absolute Gasteiger partial charge is 0.317 e. The number of esters is 1. The molecule has 6 nitrogen and oxygen atoms in total. The van der Waals surface area contributed by atoms with E-state index < -0.39 is 5.41 Å². The van der Waals surface area contributed by atoms with E-state index in [2.05, 4.69) is 5.32 Å². The number of hydrogen-bond donors (Lipinski definition) is 1. The third-order valence-corrected chi connectivity index (χ3v) is 5.85. The van der Waals surface area contributed by atoms with Gasteiger partial charge in [-0.25, -0.2) is 0 Å². The molecule has 2 aromatic rings. The molecule has 164 valence electrons. The van der Waals surface area contributed by atoms with E-state index in [1.807, 2.05) is 68.4 Å². The van der Waals surface area contributed by atoms with Crippen LogP contribution in [-0.2, 0) is 24.5 Å². The lowest BCUT2D eigenvalue weighted by Crippen LogP contribution is -2.46. The lowest BCUT2D eigenvalue weighted by molar-refractivity contribution is -0.160. The van der Waals surface area contributed by atoms with Crippen molar-refractivity contribution in [2.24, 2.45) is 0 Å². The number of carbonyl (C=O) groups excluding carboxylic acids is 3. The molecule has 0 spiro atoms. The third kappa shape index (κ3) is 5.32. The average Bonchev–Trinajstić information content (AvgIpc) is 2.73. The van der Waals surface area contributed by atoms with E-state index in [0.717, 1.165) is 36.1 Å². The maximum Gasteiger partial charge on any atom is 0.317 e. The van der Waals surface area contributed by atoms with Gasteiger partial charge in [0, 0.05) is 12.2 Å². The summed E-state index contributed by atoms with van der Waals surface area (Å²) in [6.45, 7) is 3.83. The SMILES string of the molecule is CCCN(CC(=O)Nc1ccccc1C)C(=O)COC(=O)C1(c2ccccc2)CCC1. The van der Waals surface area contributed by atoms with Crippen LogP contribution >= 0.6 is 0 Å². The van der Waals surface area contributed by atoms with Crippen LogP contribution in [0.1, 0.15) is 43.7 Å². The zero-order valence-corrected chi connectivity index (χ0v) is 18.2. The van der Waals surface area contributed by atoms with Gasteiger partial charge in [-0.3, -0.25) is 14.4 Å². The van der Waals surface area contributed by atoms with E-state index in [1.165, 1.54) is 4.90 Å². The predicted octanol–water partition coefficient (Wildman–Crippen LogP) is 3.84. The molecule has 0 bridgehead atoms. The van der Waals surface area contributed by atoms with Crippen molar-refractivity contribution >= 4 is 23.5 Å². The number of nitrogens with one attached hydrogen (secondary N) is 1. The monoisotopic (exact) mass is 422 g/mol. The van der Waals surface area contributed by atoms with Crippen LogP contribution < -0.4 is 5.32 Å². The summed E-state index contributed by atoms with van der Waals surface area (Å²) < 4.78 is 5.45. The van der Waals surface area contributed by atoms with Crippen molar-refractivity contribution in [1.82, 2.24) is 4.90 Å². The van der Waals surface area contributed by atoms with E-state index in [9.17, 15) is 14.4 Å². The van der Waals surface area contributed by atoms with Crippen LogP contribution in [0.4, 0.5) is 5.69 Å². The van der Waals surface area contributed by atoms with Crippen molar-refractivity contribution < 1.29 is 19.1 Å². The molecule has 1 aliphatic carbocycles. The second kappa shape index (κ2) is 10.2. The molecule has 0 saturated heterocycles. The Kier molecular flexibility index (Phi) is 7.45. The molecule has 31 heavy (non-hydrogen) atoms. The molecule has 1 N–H and O–H groups in total. The number of ether oxygens (including phenoxy) is 1.